The second kappa shape index (κ2) is 7.70. The van der Waals surface area contributed by atoms with Crippen LogP contribution in [0.4, 0.5) is 0 Å². The molecule has 1 aromatic carbocycles. The Labute approximate surface area is 131 Å². The van der Waals surface area contributed by atoms with Gasteiger partial charge in [0.15, 0.2) is 11.5 Å². The average Bonchev–Trinajstić information content (AvgIpc) is 2.93. The maximum atomic E-state index is 12.0. The van der Waals surface area contributed by atoms with Crippen molar-refractivity contribution >= 4 is 28.5 Å². The zero-order valence-corrected chi connectivity index (χ0v) is 13.7. The summed E-state index contributed by atoms with van der Waals surface area (Å²) in [6, 6.07) is 7.43. The Morgan fingerprint density at radius 3 is 2.81 bits per heavy atom. The van der Waals surface area contributed by atoms with Gasteiger partial charge >= 0.3 is 0 Å². The maximum absolute atomic E-state index is 12.0. The molecule has 1 fully saturated rings. The van der Waals surface area contributed by atoms with E-state index < -0.39 is 10.8 Å². The fourth-order valence-corrected chi connectivity index (χ4v) is 3.76. The van der Waals surface area contributed by atoms with Gasteiger partial charge < -0.3 is 14.4 Å². The minimum absolute atomic E-state index is 0.0361. The fraction of sp³-hybridized carbons (Fsp3) is 0.500. The molecular formula is C14H19NO4S2. The summed E-state index contributed by atoms with van der Waals surface area (Å²) in [5.74, 6) is 2.22. The summed E-state index contributed by atoms with van der Waals surface area (Å²) in [6.45, 7) is 1.08. The van der Waals surface area contributed by atoms with Crippen LogP contribution in [0.5, 0.6) is 11.5 Å². The van der Waals surface area contributed by atoms with Crippen LogP contribution in [-0.4, -0.2) is 58.4 Å². The minimum Gasteiger partial charge on any atom is -0.493 e. The Balaban J connectivity index is 1.95. The smallest absolute Gasteiger partial charge is 0.236 e. The highest BCUT2D eigenvalue weighted by Gasteiger charge is 2.30. The zero-order chi connectivity index (χ0) is 15.2. The average molecular weight is 329 g/mol. The number of amides is 1. The first-order chi connectivity index (χ1) is 10.1. The lowest BCUT2D eigenvalue weighted by atomic mass is 10.3. The summed E-state index contributed by atoms with van der Waals surface area (Å²) in [6.07, 6.45) is 1.54. The van der Waals surface area contributed by atoms with Crippen molar-refractivity contribution in [2.24, 2.45) is 0 Å². The van der Waals surface area contributed by atoms with Gasteiger partial charge in [-0.1, -0.05) is 12.1 Å². The van der Waals surface area contributed by atoms with Gasteiger partial charge in [-0.2, -0.15) is 0 Å². The van der Waals surface area contributed by atoms with Gasteiger partial charge in [-0.15, -0.1) is 11.8 Å². The molecule has 2 rings (SSSR count). The molecular weight excluding hydrogens is 310 g/mol. The van der Waals surface area contributed by atoms with Gasteiger partial charge in [-0.25, -0.2) is 0 Å². The molecule has 1 aromatic rings. The number of thioether (sulfide) groups is 1. The number of hydrogen-bond acceptors (Lipinski definition) is 5. The van der Waals surface area contributed by atoms with E-state index in [0.29, 0.717) is 24.7 Å². The van der Waals surface area contributed by atoms with E-state index in [0.717, 1.165) is 5.75 Å². The molecule has 0 aromatic heterocycles. The fourth-order valence-electron chi connectivity index (χ4n) is 2.10. The predicted molar refractivity (Wildman–Crippen MR) is 85.4 cm³/mol. The van der Waals surface area contributed by atoms with Crippen LogP contribution >= 0.6 is 11.8 Å². The third-order valence-corrected chi connectivity index (χ3v) is 4.93. The van der Waals surface area contributed by atoms with Crippen LogP contribution in [0.3, 0.4) is 0 Å². The normalized spacial score (nSPS) is 19.3. The van der Waals surface area contributed by atoms with Gasteiger partial charge in [0, 0.05) is 29.4 Å². The molecule has 7 heteroatoms. The molecule has 0 spiro atoms. The van der Waals surface area contributed by atoms with Crippen LogP contribution in [0.2, 0.25) is 0 Å². The Bertz CT molecular complexity index is 523. The second-order valence-corrected chi connectivity index (χ2v) is 7.31. The maximum Gasteiger partial charge on any atom is 0.236 e. The Morgan fingerprint density at radius 2 is 2.14 bits per heavy atom. The van der Waals surface area contributed by atoms with Crippen molar-refractivity contribution in [3.05, 3.63) is 24.3 Å². The van der Waals surface area contributed by atoms with Gasteiger partial charge in [-0.05, 0) is 12.1 Å². The zero-order valence-electron chi connectivity index (χ0n) is 12.1. The third kappa shape index (κ3) is 4.38. The number of rotatable bonds is 6. The highest BCUT2D eigenvalue weighted by molar-refractivity contribution is 8.00. The third-order valence-electron chi connectivity index (χ3n) is 3.09. The monoisotopic (exact) mass is 329 g/mol. The summed E-state index contributed by atoms with van der Waals surface area (Å²) >= 11 is 1.68. The molecule has 2 atom stereocenters. The number of carbonyl (C=O) groups is 1. The second-order valence-electron chi connectivity index (χ2n) is 4.59. The first kappa shape index (κ1) is 16.2. The number of ether oxygens (including phenoxy) is 2. The van der Waals surface area contributed by atoms with Crippen LogP contribution in [0.1, 0.15) is 0 Å². The van der Waals surface area contributed by atoms with Gasteiger partial charge in [0.25, 0.3) is 0 Å². The van der Waals surface area contributed by atoms with Crippen molar-refractivity contribution < 1.29 is 18.5 Å². The largest absolute Gasteiger partial charge is 0.493 e. The molecule has 0 saturated carbocycles. The Morgan fingerprint density at radius 1 is 1.43 bits per heavy atom. The van der Waals surface area contributed by atoms with Crippen LogP contribution in [0.15, 0.2) is 24.3 Å². The van der Waals surface area contributed by atoms with Crippen molar-refractivity contribution in [1.29, 1.82) is 0 Å². The number of nitrogens with zero attached hydrogens (tertiary/aromatic N) is 1. The SMILES string of the molecule is COc1ccccc1OC[C@H]1SCCN1C(=O)C[S@](C)=O. The van der Waals surface area contributed by atoms with Crippen LogP contribution < -0.4 is 9.47 Å². The lowest BCUT2D eigenvalue weighted by molar-refractivity contribution is -0.128. The van der Waals surface area contributed by atoms with Gasteiger partial charge in [0.2, 0.25) is 5.91 Å². The van der Waals surface area contributed by atoms with Crippen molar-refractivity contribution in [3.8, 4) is 11.5 Å². The molecule has 1 aliphatic rings. The van der Waals surface area contributed by atoms with Crippen LogP contribution in [0, 0.1) is 0 Å². The number of para-hydroxylation sites is 2. The van der Waals surface area contributed by atoms with Crippen LogP contribution in [0.25, 0.3) is 0 Å². The molecule has 1 aliphatic heterocycles. The molecule has 0 N–H and O–H groups in total. The lowest BCUT2D eigenvalue weighted by Crippen LogP contribution is -2.40. The van der Waals surface area contributed by atoms with E-state index in [1.165, 1.54) is 0 Å². The molecule has 0 unspecified atom stereocenters. The molecule has 116 valence electrons. The van der Waals surface area contributed by atoms with Crippen molar-refractivity contribution in [3.63, 3.8) is 0 Å². The molecule has 5 nitrogen and oxygen atoms in total. The Kier molecular flexibility index (Phi) is 5.93. The molecule has 0 aliphatic carbocycles. The predicted octanol–water partition coefficient (Wildman–Crippen LogP) is 1.35. The van der Waals surface area contributed by atoms with E-state index in [4.69, 9.17) is 9.47 Å². The quantitative estimate of drug-likeness (QED) is 0.789. The highest BCUT2D eigenvalue weighted by atomic mass is 32.2. The first-order valence-electron chi connectivity index (χ1n) is 6.58. The summed E-state index contributed by atoms with van der Waals surface area (Å²) in [7, 11) is 0.483. The van der Waals surface area contributed by atoms with Crippen LogP contribution in [-0.2, 0) is 15.6 Å². The molecule has 1 amide bonds. The van der Waals surface area contributed by atoms with Gasteiger partial charge in [0.05, 0.1) is 7.11 Å². The highest BCUT2D eigenvalue weighted by Crippen LogP contribution is 2.29. The van der Waals surface area contributed by atoms with Gasteiger partial charge in [-0.3, -0.25) is 9.00 Å². The van der Waals surface area contributed by atoms with E-state index in [2.05, 4.69) is 0 Å². The van der Waals surface area contributed by atoms with E-state index in [1.54, 1.807) is 30.0 Å². The summed E-state index contributed by atoms with van der Waals surface area (Å²) in [5, 5.41) is -0.0361. The lowest BCUT2D eigenvalue weighted by Gasteiger charge is -2.23. The number of hydrogen-bond donors (Lipinski definition) is 0. The minimum atomic E-state index is -1.11. The van der Waals surface area contributed by atoms with Crippen molar-refractivity contribution in [2.75, 3.05) is 38.0 Å². The topological polar surface area (TPSA) is 55.8 Å². The van der Waals surface area contributed by atoms with Crippen molar-refractivity contribution in [1.82, 2.24) is 4.90 Å². The van der Waals surface area contributed by atoms with E-state index >= 15 is 0 Å². The number of carbonyl (C=O) groups excluding carboxylic acids is 1. The molecule has 0 bridgehead atoms. The van der Waals surface area contributed by atoms with Gasteiger partial charge in [0.1, 0.15) is 17.7 Å². The number of benzene rings is 1. The van der Waals surface area contributed by atoms with E-state index in [-0.39, 0.29) is 17.0 Å². The summed E-state index contributed by atoms with van der Waals surface area (Å²) < 4.78 is 22.2. The molecule has 1 heterocycles. The molecule has 1 saturated heterocycles. The standard InChI is InChI=1S/C14H19NO4S2/c1-18-11-5-3-4-6-12(11)19-9-14-15(7-8-20-14)13(16)10-21(2)17/h3-6,14H,7-10H2,1-2H3/t14-,21+/m1/s1. The van der Waals surface area contributed by atoms with Crippen molar-refractivity contribution in [2.45, 2.75) is 5.37 Å². The number of methoxy groups -OCH3 is 1. The van der Waals surface area contributed by atoms with E-state index in [1.807, 2.05) is 24.3 Å². The summed E-state index contributed by atoms with van der Waals surface area (Å²) in [5.41, 5.74) is 0. The molecule has 0 radical (unpaired) electrons. The first-order valence-corrected chi connectivity index (χ1v) is 9.36. The summed E-state index contributed by atoms with van der Waals surface area (Å²) in [4.78, 5) is 13.8. The molecule has 21 heavy (non-hydrogen) atoms. The van der Waals surface area contributed by atoms with E-state index in [9.17, 15) is 9.00 Å². The Hall–Kier alpha value is -1.21.